The third-order valence-corrected chi connectivity index (χ3v) is 2.28. The zero-order valence-electron chi connectivity index (χ0n) is 5.51. The first-order valence-corrected chi connectivity index (χ1v) is 4.04. The highest BCUT2D eigenvalue weighted by Crippen LogP contribution is 2.08. The van der Waals surface area contributed by atoms with Gasteiger partial charge in [0.2, 0.25) is 0 Å². The summed E-state index contributed by atoms with van der Waals surface area (Å²) in [5.41, 5.74) is 5.09. The lowest BCUT2D eigenvalue weighted by Gasteiger charge is -2.30. The van der Waals surface area contributed by atoms with Crippen LogP contribution >= 0.6 is 15.9 Å². The summed E-state index contributed by atoms with van der Waals surface area (Å²) in [6.07, 6.45) is 0. The fourth-order valence-corrected chi connectivity index (χ4v) is 1.55. The summed E-state index contributed by atoms with van der Waals surface area (Å²) in [6, 6.07) is -0.358. The molecule has 4 nitrogen and oxygen atoms in total. The molecule has 1 atom stereocenters. The highest BCUT2D eigenvalue weighted by molar-refractivity contribution is 9.09. The van der Waals surface area contributed by atoms with Crippen LogP contribution in [0, 0.1) is 0 Å². The van der Waals surface area contributed by atoms with Gasteiger partial charge in [0.1, 0.15) is 4.95 Å². The van der Waals surface area contributed by atoms with Crippen LogP contribution in [0.2, 0.25) is 0 Å². The average molecular weight is 208 g/mol. The summed E-state index contributed by atoms with van der Waals surface area (Å²) in [7, 11) is 0. The Hall–Kier alpha value is -0.290. The van der Waals surface area contributed by atoms with Crippen LogP contribution in [-0.2, 0) is 0 Å². The monoisotopic (exact) mass is 207 g/mol. The maximum atomic E-state index is 10.7. The predicted octanol–water partition coefficient (Wildman–Crippen LogP) is -0.309. The van der Waals surface area contributed by atoms with Gasteiger partial charge in [-0.3, -0.25) is 0 Å². The molecule has 0 spiro atoms. The largest absolute Gasteiger partial charge is 0.351 e. The Balaban J connectivity index is 2.47. The van der Waals surface area contributed by atoms with Gasteiger partial charge in [0.05, 0.1) is 0 Å². The molecule has 1 fully saturated rings. The van der Waals surface area contributed by atoms with Gasteiger partial charge < -0.3 is 16.0 Å². The van der Waals surface area contributed by atoms with Crippen LogP contribution in [0.1, 0.15) is 0 Å². The van der Waals surface area contributed by atoms with Crippen molar-refractivity contribution in [2.45, 2.75) is 4.95 Å². The Morgan fingerprint density at radius 3 is 2.90 bits per heavy atom. The van der Waals surface area contributed by atoms with E-state index < -0.39 is 0 Å². The quantitative estimate of drug-likeness (QED) is 0.423. The van der Waals surface area contributed by atoms with E-state index in [9.17, 15) is 4.79 Å². The number of carbonyl (C=O) groups excluding carboxylic acids is 1. The van der Waals surface area contributed by atoms with Crippen LogP contribution in [0.3, 0.4) is 0 Å². The van der Waals surface area contributed by atoms with E-state index in [1.165, 1.54) is 0 Å². The van der Waals surface area contributed by atoms with Crippen molar-refractivity contribution >= 4 is 22.0 Å². The van der Waals surface area contributed by atoms with E-state index in [-0.39, 0.29) is 11.0 Å². The van der Waals surface area contributed by atoms with Gasteiger partial charge in [-0.1, -0.05) is 15.9 Å². The second-order valence-corrected chi connectivity index (χ2v) is 3.23. The fourth-order valence-electron chi connectivity index (χ4n) is 0.919. The molecule has 0 aromatic rings. The number of piperazine rings is 1. The van der Waals surface area contributed by atoms with E-state index in [4.69, 9.17) is 5.73 Å². The Morgan fingerprint density at radius 2 is 2.50 bits per heavy atom. The summed E-state index contributed by atoms with van der Waals surface area (Å²) in [6.45, 7) is 2.28. The minimum absolute atomic E-state index is 0.0544. The minimum atomic E-state index is -0.358. The SMILES string of the molecule is NC(=O)N1CCNCC1Br. The van der Waals surface area contributed by atoms with Crippen LogP contribution < -0.4 is 11.1 Å². The molecule has 1 unspecified atom stereocenters. The number of hydrogen-bond donors (Lipinski definition) is 2. The predicted molar refractivity (Wildman–Crippen MR) is 41.9 cm³/mol. The van der Waals surface area contributed by atoms with Gasteiger partial charge >= 0.3 is 6.03 Å². The van der Waals surface area contributed by atoms with Crippen molar-refractivity contribution in [1.82, 2.24) is 10.2 Å². The van der Waals surface area contributed by atoms with Gasteiger partial charge in [-0.2, -0.15) is 0 Å². The first kappa shape index (κ1) is 7.81. The fraction of sp³-hybridized carbons (Fsp3) is 0.800. The molecule has 10 heavy (non-hydrogen) atoms. The number of amides is 2. The third kappa shape index (κ3) is 1.60. The molecular weight excluding hydrogens is 198 g/mol. The number of carbonyl (C=O) groups is 1. The standard InChI is InChI=1S/C5H10BrN3O/c6-4-3-8-1-2-9(4)5(7)10/h4,8H,1-3H2,(H2,7,10). The Morgan fingerprint density at radius 1 is 1.80 bits per heavy atom. The zero-order chi connectivity index (χ0) is 7.56. The maximum Gasteiger partial charge on any atom is 0.315 e. The number of halogens is 1. The van der Waals surface area contributed by atoms with Gasteiger partial charge in [0, 0.05) is 19.6 Å². The number of primary amides is 1. The maximum absolute atomic E-state index is 10.7. The number of nitrogens with one attached hydrogen (secondary N) is 1. The van der Waals surface area contributed by atoms with E-state index in [1.807, 2.05) is 0 Å². The molecule has 0 aromatic heterocycles. The lowest BCUT2D eigenvalue weighted by Crippen LogP contribution is -2.52. The number of alkyl halides is 1. The van der Waals surface area contributed by atoms with Crippen LogP contribution in [-0.4, -0.2) is 35.5 Å². The van der Waals surface area contributed by atoms with Gasteiger partial charge in [-0.15, -0.1) is 0 Å². The summed E-state index contributed by atoms with van der Waals surface area (Å²) >= 11 is 3.32. The molecule has 1 aliphatic rings. The molecule has 1 aliphatic heterocycles. The molecule has 0 aliphatic carbocycles. The minimum Gasteiger partial charge on any atom is -0.351 e. The lowest BCUT2D eigenvalue weighted by atomic mass is 10.4. The van der Waals surface area contributed by atoms with Crippen LogP contribution in [0.15, 0.2) is 0 Å². The molecule has 2 amide bonds. The number of rotatable bonds is 0. The molecule has 1 rings (SSSR count). The van der Waals surface area contributed by atoms with Crippen molar-refractivity contribution in [2.24, 2.45) is 5.73 Å². The molecule has 58 valence electrons. The first-order valence-electron chi connectivity index (χ1n) is 3.12. The summed E-state index contributed by atoms with van der Waals surface area (Å²) in [5, 5.41) is 3.12. The van der Waals surface area contributed by atoms with E-state index >= 15 is 0 Å². The van der Waals surface area contributed by atoms with Gasteiger partial charge in [-0.25, -0.2) is 4.79 Å². The van der Waals surface area contributed by atoms with Crippen molar-refractivity contribution in [1.29, 1.82) is 0 Å². The highest BCUT2D eigenvalue weighted by Gasteiger charge is 2.21. The summed E-state index contributed by atoms with van der Waals surface area (Å²) in [5.74, 6) is 0. The van der Waals surface area contributed by atoms with E-state index in [0.717, 1.165) is 13.1 Å². The van der Waals surface area contributed by atoms with Crippen LogP contribution in [0.5, 0.6) is 0 Å². The summed E-state index contributed by atoms with van der Waals surface area (Å²) < 4.78 is 0. The lowest BCUT2D eigenvalue weighted by molar-refractivity contribution is 0.194. The van der Waals surface area contributed by atoms with Crippen molar-refractivity contribution in [3.05, 3.63) is 0 Å². The summed E-state index contributed by atoms with van der Waals surface area (Å²) in [4.78, 5) is 12.3. The zero-order valence-corrected chi connectivity index (χ0v) is 7.10. The van der Waals surface area contributed by atoms with E-state index in [0.29, 0.717) is 6.54 Å². The molecule has 3 N–H and O–H groups in total. The Bertz CT molecular complexity index is 141. The molecule has 0 radical (unpaired) electrons. The number of urea groups is 1. The topological polar surface area (TPSA) is 58.4 Å². The number of hydrogen-bond acceptors (Lipinski definition) is 2. The number of nitrogens with two attached hydrogens (primary N) is 1. The molecule has 1 saturated heterocycles. The van der Waals surface area contributed by atoms with E-state index in [1.54, 1.807) is 4.90 Å². The second kappa shape index (κ2) is 3.21. The van der Waals surface area contributed by atoms with Crippen molar-refractivity contribution in [2.75, 3.05) is 19.6 Å². The van der Waals surface area contributed by atoms with Crippen LogP contribution in [0.25, 0.3) is 0 Å². The molecular formula is C5H10BrN3O. The first-order chi connectivity index (χ1) is 4.72. The second-order valence-electron chi connectivity index (χ2n) is 2.17. The molecule has 0 bridgehead atoms. The number of nitrogens with zero attached hydrogens (tertiary/aromatic N) is 1. The molecule has 5 heteroatoms. The average Bonchev–Trinajstić information content (AvgIpc) is 1.88. The molecule has 0 saturated carbocycles. The Labute approximate surface area is 67.9 Å². The smallest absolute Gasteiger partial charge is 0.315 e. The van der Waals surface area contributed by atoms with E-state index in [2.05, 4.69) is 21.2 Å². The third-order valence-electron chi connectivity index (χ3n) is 1.46. The van der Waals surface area contributed by atoms with Crippen molar-refractivity contribution in [3.63, 3.8) is 0 Å². The normalized spacial score (nSPS) is 26.5. The molecule has 0 aromatic carbocycles. The highest BCUT2D eigenvalue weighted by atomic mass is 79.9. The van der Waals surface area contributed by atoms with Gasteiger partial charge in [0.15, 0.2) is 0 Å². The Kier molecular flexibility index (Phi) is 2.50. The molecule has 1 heterocycles. The van der Waals surface area contributed by atoms with Gasteiger partial charge in [0.25, 0.3) is 0 Å². The van der Waals surface area contributed by atoms with Crippen LogP contribution in [0.4, 0.5) is 4.79 Å². The van der Waals surface area contributed by atoms with Crippen molar-refractivity contribution in [3.8, 4) is 0 Å². The van der Waals surface area contributed by atoms with Crippen molar-refractivity contribution < 1.29 is 4.79 Å². The van der Waals surface area contributed by atoms with Gasteiger partial charge in [-0.05, 0) is 0 Å².